The molecule has 0 saturated carbocycles. The first kappa shape index (κ1) is 17.5. The van der Waals surface area contributed by atoms with Gasteiger partial charge in [-0.25, -0.2) is 4.39 Å². The summed E-state index contributed by atoms with van der Waals surface area (Å²) in [5, 5.41) is 2.23. The number of hydrogen-bond acceptors (Lipinski definition) is 4. The fraction of sp³-hybridized carbons (Fsp3) is 0.438. The third-order valence-corrected chi connectivity index (χ3v) is 4.38. The average Bonchev–Trinajstić information content (AvgIpc) is 2.93. The molecule has 0 amide bonds. The van der Waals surface area contributed by atoms with E-state index in [9.17, 15) is 22.4 Å². The maximum atomic E-state index is 14.4. The summed E-state index contributed by atoms with van der Waals surface area (Å²) in [6.45, 7) is 0.629. The molecular formula is C16H16F4N2O3. The molecule has 1 aromatic carbocycles. The summed E-state index contributed by atoms with van der Waals surface area (Å²) < 4.78 is 60.0. The van der Waals surface area contributed by atoms with Gasteiger partial charge in [0.15, 0.2) is 0 Å². The molecule has 1 fully saturated rings. The van der Waals surface area contributed by atoms with Gasteiger partial charge in [0, 0.05) is 29.7 Å². The van der Waals surface area contributed by atoms with E-state index in [1.54, 1.807) is 0 Å². The van der Waals surface area contributed by atoms with Crippen LogP contribution in [0.1, 0.15) is 36.1 Å². The van der Waals surface area contributed by atoms with Crippen LogP contribution in [0.5, 0.6) is 5.75 Å². The summed E-state index contributed by atoms with van der Waals surface area (Å²) in [7, 11) is 1.81. The van der Waals surface area contributed by atoms with E-state index in [4.69, 9.17) is 4.52 Å². The third-order valence-electron chi connectivity index (χ3n) is 4.38. The second-order valence-corrected chi connectivity index (χ2v) is 6.06. The molecule has 9 heteroatoms. The van der Waals surface area contributed by atoms with E-state index in [2.05, 4.69) is 9.89 Å². The van der Waals surface area contributed by atoms with E-state index in [1.165, 1.54) is 12.1 Å². The van der Waals surface area contributed by atoms with Crippen LogP contribution >= 0.6 is 0 Å². The van der Waals surface area contributed by atoms with Gasteiger partial charge >= 0.3 is 6.36 Å². The molecule has 1 aliphatic heterocycles. The van der Waals surface area contributed by atoms with Gasteiger partial charge in [0.2, 0.25) is 0 Å². The van der Waals surface area contributed by atoms with Gasteiger partial charge in [-0.1, -0.05) is 6.07 Å². The lowest BCUT2D eigenvalue weighted by molar-refractivity contribution is -0.274. The number of nitrogens with one attached hydrogen (secondary N) is 1. The maximum absolute atomic E-state index is 14.4. The van der Waals surface area contributed by atoms with Gasteiger partial charge in [-0.05, 0) is 32.5 Å². The number of rotatable bonds is 3. The van der Waals surface area contributed by atoms with Gasteiger partial charge in [-0.3, -0.25) is 9.69 Å². The number of aromatic amines is 1. The second-order valence-electron chi connectivity index (χ2n) is 6.06. The molecule has 0 bridgehead atoms. The number of hydrogen-bond donors (Lipinski definition) is 1. The molecule has 2 unspecified atom stereocenters. The monoisotopic (exact) mass is 360 g/mol. The van der Waals surface area contributed by atoms with Crippen LogP contribution in [0, 0.1) is 5.82 Å². The Kier molecular flexibility index (Phi) is 4.59. The molecule has 136 valence electrons. The molecular weight excluding hydrogens is 344 g/mol. The van der Waals surface area contributed by atoms with Crippen molar-refractivity contribution in [3.63, 3.8) is 0 Å². The van der Waals surface area contributed by atoms with Crippen LogP contribution in [-0.4, -0.2) is 30.0 Å². The van der Waals surface area contributed by atoms with Gasteiger partial charge in [-0.2, -0.15) is 5.16 Å². The molecule has 2 heterocycles. The van der Waals surface area contributed by atoms with Crippen LogP contribution in [0.3, 0.4) is 0 Å². The lowest BCUT2D eigenvalue weighted by Crippen LogP contribution is -2.33. The first-order valence-corrected chi connectivity index (χ1v) is 7.67. The fourth-order valence-corrected chi connectivity index (χ4v) is 3.18. The van der Waals surface area contributed by atoms with Crippen molar-refractivity contribution < 1.29 is 26.8 Å². The van der Waals surface area contributed by atoms with E-state index in [1.807, 2.05) is 11.9 Å². The predicted octanol–water partition coefficient (Wildman–Crippen LogP) is 3.56. The van der Waals surface area contributed by atoms with Gasteiger partial charge < -0.3 is 9.26 Å². The molecule has 0 radical (unpaired) electrons. The Morgan fingerprint density at radius 1 is 1.32 bits per heavy atom. The zero-order valence-electron chi connectivity index (χ0n) is 13.3. The summed E-state index contributed by atoms with van der Waals surface area (Å²) in [5.41, 5.74) is -0.0649. The molecule has 1 aromatic heterocycles. The normalized spacial score (nSPS) is 22.1. The highest BCUT2D eigenvalue weighted by Gasteiger charge is 2.34. The van der Waals surface area contributed by atoms with Crippen molar-refractivity contribution in [1.29, 1.82) is 0 Å². The van der Waals surface area contributed by atoms with E-state index < -0.39 is 17.9 Å². The highest BCUT2D eigenvalue weighted by atomic mass is 19.4. The van der Waals surface area contributed by atoms with Gasteiger partial charge in [0.25, 0.3) is 5.56 Å². The van der Waals surface area contributed by atoms with Gasteiger partial charge in [0.05, 0.1) is 0 Å². The standard InChI is InChI=1S/C16H16F4N2O3/c1-22-5-4-9(14-8-15(23)21-25-14)6-13(22)11-3-2-10(7-12(11)17)24-16(18,19)20/h2-3,7-9,13H,4-6H2,1H3,(H,21,23). The highest BCUT2D eigenvalue weighted by Crippen LogP contribution is 2.39. The third kappa shape index (κ3) is 4.04. The van der Waals surface area contributed by atoms with Crippen LogP contribution < -0.4 is 10.3 Å². The lowest BCUT2D eigenvalue weighted by Gasteiger charge is -2.36. The number of piperidine rings is 1. The quantitative estimate of drug-likeness (QED) is 0.851. The second kappa shape index (κ2) is 6.55. The Balaban J connectivity index is 1.82. The highest BCUT2D eigenvalue weighted by molar-refractivity contribution is 5.31. The van der Waals surface area contributed by atoms with Crippen molar-refractivity contribution >= 4 is 0 Å². The van der Waals surface area contributed by atoms with E-state index in [0.717, 1.165) is 18.6 Å². The number of aromatic nitrogens is 1. The van der Waals surface area contributed by atoms with Crippen molar-refractivity contribution in [2.45, 2.75) is 31.2 Å². The van der Waals surface area contributed by atoms with Crippen LogP contribution in [0.25, 0.3) is 0 Å². The molecule has 1 N–H and O–H groups in total. The minimum absolute atomic E-state index is 0.0781. The molecule has 25 heavy (non-hydrogen) atoms. The number of H-pyrrole nitrogens is 1. The number of likely N-dealkylation sites (tertiary alicyclic amines) is 1. The minimum atomic E-state index is -4.87. The summed E-state index contributed by atoms with van der Waals surface area (Å²) >= 11 is 0. The van der Waals surface area contributed by atoms with Crippen LogP contribution in [-0.2, 0) is 0 Å². The largest absolute Gasteiger partial charge is 0.573 e. The Morgan fingerprint density at radius 3 is 2.68 bits per heavy atom. The first-order valence-electron chi connectivity index (χ1n) is 7.67. The first-order chi connectivity index (χ1) is 11.7. The van der Waals surface area contributed by atoms with Crippen LogP contribution in [0.2, 0.25) is 0 Å². The molecule has 1 saturated heterocycles. The van der Waals surface area contributed by atoms with E-state index in [0.29, 0.717) is 18.7 Å². The molecule has 5 nitrogen and oxygen atoms in total. The smallest absolute Gasteiger partial charge is 0.406 e. The zero-order chi connectivity index (χ0) is 18.2. The minimum Gasteiger partial charge on any atom is -0.406 e. The lowest BCUT2D eigenvalue weighted by atomic mass is 9.86. The average molecular weight is 360 g/mol. The maximum Gasteiger partial charge on any atom is 0.573 e. The fourth-order valence-electron chi connectivity index (χ4n) is 3.18. The van der Waals surface area contributed by atoms with E-state index >= 15 is 0 Å². The molecule has 2 aromatic rings. The van der Waals surface area contributed by atoms with Crippen molar-refractivity contribution in [3.05, 3.63) is 51.8 Å². The Bertz CT molecular complexity index is 799. The Labute approximate surface area is 140 Å². The molecule has 0 aliphatic carbocycles. The zero-order valence-corrected chi connectivity index (χ0v) is 13.3. The van der Waals surface area contributed by atoms with Crippen molar-refractivity contribution in [2.75, 3.05) is 13.6 Å². The topological polar surface area (TPSA) is 58.5 Å². The SMILES string of the molecule is CN1CCC(c2cc(=O)[nH]o2)CC1c1ccc(OC(F)(F)F)cc1F. The predicted molar refractivity (Wildman–Crippen MR) is 79.8 cm³/mol. The molecule has 0 spiro atoms. The van der Waals surface area contributed by atoms with Crippen LogP contribution in [0.15, 0.2) is 33.6 Å². The molecule has 1 aliphatic rings. The molecule has 2 atom stereocenters. The van der Waals surface area contributed by atoms with Crippen molar-refractivity contribution in [1.82, 2.24) is 10.1 Å². The Morgan fingerprint density at radius 2 is 2.08 bits per heavy atom. The van der Waals surface area contributed by atoms with Gasteiger partial charge in [-0.15, -0.1) is 13.2 Å². The van der Waals surface area contributed by atoms with E-state index in [-0.39, 0.29) is 23.1 Å². The van der Waals surface area contributed by atoms with Crippen molar-refractivity contribution in [2.24, 2.45) is 0 Å². The number of halogens is 4. The number of ether oxygens (including phenoxy) is 1. The van der Waals surface area contributed by atoms with Crippen LogP contribution in [0.4, 0.5) is 17.6 Å². The van der Waals surface area contributed by atoms with Gasteiger partial charge in [0.1, 0.15) is 17.3 Å². The number of nitrogens with zero attached hydrogens (tertiary/aromatic N) is 1. The summed E-state index contributed by atoms with van der Waals surface area (Å²) in [5.74, 6) is -0.943. The summed E-state index contributed by atoms with van der Waals surface area (Å²) in [6, 6.07) is 4.15. The summed E-state index contributed by atoms with van der Waals surface area (Å²) in [4.78, 5) is 13.1. The summed E-state index contributed by atoms with van der Waals surface area (Å²) in [6.07, 6.45) is -3.66. The number of alkyl halides is 3. The van der Waals surface area contributed by atoms with Crippen molar-refractivity contribution in [3.8, 4) is 5.75 Å². The molecule has 3 rings (SSSR count). The number of benzene rings is 1. The Hall–Kier alpha value is -2.29.